The predicted molar refractivity (Wildman–Crippen MR) is 259 cm³/mol. The molecule has 1 saturated heterocycles. The number of aliphatic hydroxyl groups excluding tert-OH is 1. The fourth-order valence-corrected chi connectivity index (χ4v) is 10.2. The topological polar surface area (TPSA) is 149 Å². The number of hydrogen-bond acceptors (Lipinski definition) is 9. The van der Waals surface area contributed by atoms with Gasteiger partial charge < -0.3 is 35.1 Å². The number of aromatic amines is 1. The molecule has 12 nitrogen and oxygen atoms in total. The monoisotopic (exact) mass is 964 g/mol. The van der Waals surface area contributed by atoms with E-state index in [0.29, 0.717) is 23.4 Å². The number of amides is 3. The lowest BCUT2D eigenvalue weighted by molar-refractivity contribution is -0.144. The number of likely N-dealkylation sites (tertiary alicyclic amines) is 1. The van der Waals surface area contributed by atoms with Crippen LogP contribution in [0.5, 0.6) is 11.5 Å². The number of halogens is 3. The Morgan fingerprint density at radius 1 is 0.942 bits per heavy atom. The van der Waals surface area contributed by atoms with Crippen LogP contribution >= 0.6 is 11.3 Å². The Morgan fingerprint density at radius 3 is 2.35 bits per heavy atom. The van der Waals surface area contributed by atoms with Crippen molar-refractivity contribution in [1.29, 1.82) is 0 Å². The minimum atomic E-state index is -1.64. The minimum absolute atomic E-state index is 0.0446. The number of carbonyl (C=O) groups is 3. The van der Waals surface area contributed by atoms with Crippen LogP contribution in [0.1, 0.15) is 87.6 Å². The first-order valence-electron chi connectivity index (χ1n) is 23.2. The van der Waals surface area contributed by atoms with Crippen LogP contribution in [0.15, 0.2) is 90.4 Å². The van der Waals surface area contributed by atoms with E-state index in [2.05, 4.69) is 20.6 Å². The van der Waals surface area contributed by atoms with E-state index in [9.17, 15) is 19.5 Å². The van der Waals surface area contributed by atoms with Gasteiger partial charge in [0.2, 0.25) is 11.8 Å². The molecule has 6 aromatic rings. The molecule has 69 heavy (non-hydrogen) atoms. The lowest BCUT2D eigenvalue weighted by Gasteiger charge is -2.43. The Labute approximate surface area is 404 Å². The van der Waals surface area contributed by atoms with Crippen LogP contribution < -0.4 is 20.1 Å². The summed E-state index contributed by atoms with van der Waals surface area (Å²) in [5.74, 6) is -2.90. The molecule has 4 heterocycles. The molecule has 3 amide bonds. The van der Waals surface area contributed by atoms with E-state index in [1.54, 1.807) is 61.9 Å². The summed E-state index contributed by atoms with van der Waals surface area (Å²) in [6.45, 7) is 11.8. The average Bonchev–Trinajstić information content (AvgIpc) is 4.02. The molecule has 8 rings (SSSR count). The van der Waals surface area contributed by atoms with Gasteiger partial charge in [-0.3, -0.25) is 19.3 Å². The first-order chi connectivity index (χ1) is 32.7. The maximum atomic E-state index is 16.3. The number of aliphatic hydroxyl groups is 1. The van der Waals surface area contributed by atoms with Gasteiger partial charge in [-0.1, -0.05) is 75.4 Å². The minimum Gasteiger partial charge on any atom is -0.489 e. The molecule has 0 saturated carbocycles. The summed E-state index contributed by atoms with van der Waals surface area (Å²) in [5, 5.41) is 17.3. The van der Waals surface area contributed by atoms with Gasteiger partial charge in [0.1, 0.15) is 47.5 Å². The maximum Gasteiger partial charge on any atom is 0.258 e. The van der Waals surface area contributed by atoms with Crippen molar-refractivity contribution in [3.63, 3.8) is 0 Å². The number of aromatic nitrogens is 2. The van der Waals surface area contributed by atoms with Crippen molar-refractivity contribution in [1.82, 2.24) is 30.4 Å². The number of nitrogens with one attached hydrogen (secondary N) is 3. The fourth-order valence-electron chi connectivity index (χ4n) is 9.43. The zero-order chi connectivity index (χ0) is 49.4. The Bertz CT molecular complexity index is 2810. The summed E-state index contributed by atoms with van der Waals surface area (Å²) in [4.78, 5) is 53.0. The van der Waals surface area contributed by atoms with Gasteiger partial charge in [0.05, 0.1) is 28.2 Å². The van der Waals surface area contributed by atoms with Crippen molar-refractivity contribution in [3.05, 3.63) is 136 Å². The molecule has 1 unspecified atom stereocenters. The van der Waals surface area contributed by atoms with Crippen molar-refractivity contribution in [3.8, 4) is 21.9 Å². The number of alkyl halides is 1. The van der Waals surface area contributed by atoms with Crippen LogP contribution in [-0.4, -0.2) is 92.2 Å². The summed E-state index contributed by atoms with van der Waals surface area (Å²) in [7, 11) is 0. The molecule has 0 aliphatic carbocycles. The molecule has 0 bridgehead atoms. The molecular weight excluding hydrogens is 906 g/mol. The van der Waals surface area contributed by atoms with Crippen LogP contribution in [0.25, 0.3) is 21.3 Å². The molecular formula is C53H59F3N6O6S. The highest BCUT2D eigenvalue weighted by Crippen LogP contribution is 2.44. The summed E-state index contributed by atoms with van der Waals surface area (Å²) in [6.07, 6.45) is -0.289. The largest absolute Gasteiger partial charge is 0.489 e. The predicted octanol–water partition coefficient (Wildman–Crippen LogP) is 8.73. The molecule has 0 radical (unpaired) electrons. The van der Waals surface area contributed by atoms with Crippen LogP contribution in [0.3, 0.4) is 0 Å². The molecule has 2 aliphatic rings. The lowest BCUT2D eigenvalue weighted by Crippen LogP contribution is -2.58. The van der Waals surface area contributed by atoms with E-state index in [-0.39, 0.29) is 50.0 Å². The van der Waals surface area contributed by atoms with Gasteiger partial charge in [-0.15, -0.1) is 11.3 Å². The molecule has 1 fully saturated rings. The molecule has 4 aromatic carbocycles. The summed E-state index contributed by atoms with van der Waals surface area (Å²) in [6, 6.07) is 21.3. The molecule has 364 valence electrons. The van der Waals surface area contributed by atoms with Gasteiger partial charge in [-0.05, 0) is 80.0 Å². The standard InChI is InChI=1S/C53H59F3N6O6S/c1-30-19-39-38-13-8-9-14-42(38)59-46(39)47(62(30)28-53(6,7)56)45-40(54)22-37(23-41(45)55)67-26-33-11-10-12-36(20-33)68-27-44(64)60-49(52(3,4)5)51(66)61-25-35(63)21-43(61)50(65)57-24-32-15-17-34(18-16-32)48-31(2)58-29-69-48/h8-18,20,22-23,29-30,35,43,47,49,59,63H,19,21,24-28H2,1-7H3,(H,57,65)(H,60,64)/t30-,35-,43+,47-,49?/m1/s1. The average molecular weight is 965 g/mol. The summed E-state index contributed by atoms with van der Waals surface area (Å²) < 4.78 is 59.6. The van der Waals surface area contributed by atoms with Gasteiger partial charge >= 0.3 is 0 Å². The highest BCUT2D eigenvalue weighted by Gasteiger charge is 2.45. The Kier molecular flexibility index (Phi) is 14.3. The second-order valence-electron chi connectivity index (χ2n) is 19.9. The lowest BCUT2D eigenvalue weighted by atomic mass is 9.85. The second kappa shape index (κ2) is 20.0. The number of fused-ring (bicyclic) bond motifs is 3. The number of thiazole rings is 1. The zero-order valence-corrected chi connectivity index (χ0v) is 40.7. The van der Waals surface area contributed by atoms with Crippen LogP contribution in [-0.2, 0) is 34.0 Å². The number of H-pyrrole nitrogens is 1. The number of ether oxygens (including phenoxy) is 2. The van der Waals surface area contributed by atoms with Gasteiger partial charge in [0.15, 0.2) is 6.61 Å². The van der Waals surface area contributed by atoms with Crippen LogP contribution in [0.4, 0.5) is 13.2 Å². The van der Waals surface area contributed by atoms with Gasteiger partial charge in [-0.25, -0.2) is 18.2 Å². The Morgan fingerprint density at radius 2 is 1.67 bits per heavy atom. The van der Waals surface area contributed by atoms with E-state index in [0.717, 1.165) is 50.3 Å². The number of aryl methyl sites for hydroxylation is 1. The summed E-state index contributed by atoms with van der Waals surface area (Å²) in [5.41, 5.74) is 5.02. The van der Waals surface area contributed by atoms with Crippen molar-refractivity contribution in [2.45, 2.75) is 110 Å². The molecule has 4 N–H and O–H groups in total. The first kappa shape index (κ1) is 49.2. The van der Waals surface area contributed by atoms with Gasteiger partial charge in [-0.2, -0.15) is 0 Å². The SMILES string of the molecule is Cc1ncsc1-c1ccc(CNC(=O)[C@@H]2C[C@@H](O)CN2C(=O)C(NC(=O)COc2cccc(COc3cc(F)c([C@@H]4c5[nH]c6ccccc6c5C[C@@H](C)N4CC(C)(C)F)c(F)c3)c2)C(C)(C)C)cc1. The molecule has 2 aliphatic heterocycles. The molecule has 16 heteroatoms. The quantitative estimate of drug-likeness (QED) is 0.0799. The van der Waals surface area contributed by atoms with E-state index < -0.39 is 71.3 Å². The number of benzene rings is 4. The number of para-hydroxylation sites is 1. The Balaban J connectivity index is 0.886. The first-order valence-corrected chi connectivity index (χ1v) is 24.0. The van der Waals surface area contributed by atoms with Crippen molar-refractivity contribution in [2.75, 3.05) is 19.7 Å². The summed E-state index contributed by atoms with van der Waals surface area (Å²) >= 11 is 1.56. The zero-order valence-electron chi connectivity index (χ0n) is 39.9. The van der Waals surface area contributed by atoms with Gasteiger partial charge in [0, 0.05) is 66.4 Å². The van der Waals surface area contributed by atoms with Crippen molar-refractivity contribution < 1.29 is 42.1 Å². The number of hydrogen-bond donors (Lipinski definition) is 4. The fraction of sp³-hybridized carbons (Fsp3) is 0.396. The highest BCUT2D eigenvalue weighted by atomic mass is 32.1. The van der Waals surface area contributed by atoms with E-state index in [4.69, 9.17) is 9.47 Å². The third kappa shape index (κ3) is 11.1. The van der Waals surface area contributed by atoms with Crippen LogP contribution in [0.2, 0.25) is 0 Å². The van der Waals surface area contributed by atoms with E-state index in [1.165, 1.54) is 18.7 Å². The number of nitrogens with zero attached hydrogens (tertiary/aromatic N) is 3. The van der Waals surface area contributed by atoms with Crippen molar-refractivity contribution >= 4 is 40.0 Å². The van der Waals surface area contributed by atoms with E-state index in [1.807, 2.05) is 67.3 Å². The van der Waals surface area contributed by atoms with Gasteiger partial charge in [0.25, 0.3) is 5.91 Å². The molecule has 2 aromatic heterocycles. The third-order valence-electron chi connectivity index (χ3n) is 12.8. The number of rotatable bonds is 15. The van der Waals surface area contributed by atoms with E-state index >= 15 is 13.2 Å². The third-order valence-corrected chi connectivity index (χ3v) is 13.8. The van der Waals surface area contributed by atoms with Crippen LogP contribution in [0, 0.1) is 24.0 Å². The highest BCUT2D eigenvalue weighted by molar-refractivity contribution is 7.13. The normalized spacial score (nSPS) is 19.0. The molecule has 0 spiro atoms. The maximum absolute atomic E-state index is 16.3. The Hall–Kier alpha value is -6.23. The number of β-amino-alcohol motifs (C(OH)–C–C–N with tert-alkyl or cyclic N) is 1. The van der Waals surface area contributed by atoms with Crippen molar-refractivity contribution in [2.24, 2.45) is 5.41 Å². The second-order valence-corrected chi connectivity index (χ2v) is 20.7. The molecule has 5 atom stereocenters. The number of carbonyl (C=O) groups excluding carboxylic acids is 3. The smallest absolute Gasteiger partial charge is 0.258 e.